The first-order chi connectivity index (χ1) is 9.94. The maximum absolute atomic E-state index is 11.9. The van der Waals surface area contributed by atoms with Crippen molar-refractivity contribution in [3.63, 3.8) is 0 Å². The van der Waals surface area contributed by atoms with Gasteiger partial charge in [0.1, 0.15) is 6.61 Å². The van der Waals surface area contributed by atoms with Gasteiger partial charge in [-0.1, -0.05) is 0 Å². The van der Waals surface area contributed by atoms with Gasteiger partial charge < -0.3 is 15.0 Å². The average molecular weight is 308 g/mol. The first-order valence-electron chi connectivity index (χ1n) is 7.60. The molecule has 1 saturated heterocycles. The van der Waals surface area contributed by atoms with Crippen LogP contribution in [0.2, 0.25) is 0 Å². The number of halogens is 3. The zero-order valence-electron chi connectivity index (χ0n) is 12.1. The zero-order chi connectivity index (χ0) is 15.3. The minimum Gasteiger partial charge on any atom is -0.372 e. The Hall–Kier alpha value is -0.820. The van der Waals surface area contributed by atoms with Gasteiger partial charge >= 0.3 is 6.18 Å². The maximum atomic E-state index is 11.9. The number of carbonyl (C=O) groups excluding carboxylic acids is 1. The van der Waals surface area contributed by atoms with E-state index in [0.717, 1.165) is 25.3 Å². The van der Waals surface area contributed by atoms with E-state index in [4.69, 9.17) is 0 Å². The van der Waals surface area contributed by atoms with Gasteiger partial charge in [0.15, 0.2) is 0 Å². The molecule has 1 aliphatic heterocycles. The maximum Gasteiger partial charge on any atom is 0.411 e. The Labute approximate surface area is 123 Å². The third-order valence-electron chi connectivity index (χ3n) is 3.97. The molecule has 21 heavy (non-hydrogen) atoms. The molecular weight excluding hydrogens is 285 g/mol. The number of likely N-dealkylation sites (tertiary alicyclic amines) is 1. The number of ether oxygens (including phenoxy) is 1. The highest BCUT2D eigenvalue weighted by Gasteiger charge is 2.28. The molecule has 0 aromatic rings. The molecule has 0 unspecified atom stereocenters. The van der Waals surface area contributed by atoms with Gasteiger partial charge in [-0.05, 0) is 38.1 Å². The van der Waals surface area contributed by atoms with Crippen LogP contribution < -0.4 is 5.32 Å². The summed E-state index contributed by atoms with van der Waals surface area (Å²) in [6, 6.07) is 0.469. The number of alkyl halides is 3. The summed E-state index contributed by atoms with van der Waals surface area (Å²) < 4.78 is 40.1. The smallest absolute Gasteiger partial charge is 0.372 e. The number of nitrogens with zero attached hydrogens (tertiary/aromatic N) is 1. The minimum atomic E-state index is -4.32. The molecule has 0 atom stereocenters. The molecule has 2 fully saturated rings. The van der Waals surface area contributed by atoms with Crippen LogP contribution in [0.4, 0.5) is 13.2 Å². The second-order valence-corrected chi connectivity index (χ2v) is 5.92. The predicted octanol–water partition coefficient (Wildman–Crippen LogP) is 1.95. The van der Waals surface area contributed by atoms with E-state index in [1.165, 1.54) is 12.8 Å². The molecule has 1 amide bonds. The van der Waals surface area contributed by atoms with Crippen molar-refractivity contribution in [3.05, 3.63) is 0 Å². The van der Waals surface area contributed by atoms with Crippen molar-refractivity contribution in [2.24, 2.45) is 5.92 Å². The number of nitrogens with one attached hydrogen (secondary N) is 1. The van der Waals surface area contributed by atoms with Crippen LogP contribution in [0.1, 0.15) is 32.1 Å². The van der Waals surface area contributed by atoms with E-state index in [1.54, 1.807) is 4.90 Å². The lowest BCUT2D eigenvalue weighted by atomic mass is 10.0. The summed E-state index contributed by atoms with van der Waals surface area (Å²) >= 11 is 0. The second-order valence-electron chi connectivity index (χ2n) is 5.92. The summed E-state index contributed by atoms with van der Waals surface area (Å²) in [7, 11) is 0. The van der Waals surface area contributed by atoms with Crippen molar-refractivity contribution in [2.45, 2.75) is 44.3 Å². The molecule has 1 heterocycles. The van der Waals surface area contributed by atoms with Gasteiger partial charge in [-0.2, -0.15) is 13.2 Å². The Morgan fingerprint density at radius 3 is 2.43 bits per heavy atom. The quantitative estimate of drug-likeness (QED) is 0.731. The van der Waals surface area contributed by atoms with E-state index >= 15 is 0 Å². The lowest BCUT2D eigenvalue weighted by Gasteiger charge is -2.32. The number of hydrogen-bond acceptors (Lipinski definition) is 3. The molecule has 1 saturated carbocycles. The molecule has 0 spiro atoms. The Morgan fingerprint density at radius 1 is 1.19 bits per heavy atom. The topological polar surface area (TPSA) is 41.6 Å². The van der Waals surface area contributed by atoms with Crippen LogP contribution in [0.15, 0.2) is 0 Å². The SMILES string of the molecule is O=C(CCOCC(F)(F)F)N1CCC(NCC2CC2)CC1. The minimum absolute atomic E-state index is 0.0241. The monoisotopic (exact) mass is 308 g/mol. The number of piperidine rings is 1. The standard InChI is InChI=1S/C14H23F3N2O2/c15-14(16,17)10-21-8-5-13(20)19-6-3-12(4-7-19)18-9-11-1-2-11/h11-12,18H,1-10H2. The van der Waals surface area contributed by atoms with Gasteiger partial charge in [0.05, 0.1) is 13.0 Å². The first-order valence-corrected chi connectivity index (χ1v) is 7.60. The third-order valence-corrected chi connectivity index (χ3v) is 3.97. The highest BCUT2D eigenvalue weighted by atomic mass is 19.4. The number of carbonyl (C=O) groups is 1. The summed E-state index contributed by atoms with van der Waals surface area (Å²) in [4.78, 5) is 13.6. The zero-order valence-corrected chi connectivity index (χ0v) is 12.1. The Kier molecular flexibility index (Phi) is 5.87. The molecule has 0 radical (unpaired) electrons. The van der Waals surface area contributed by atoms with E-state index in [1.807, 2.05) is 0 Å². The van der Waals surface area contributed by atoms with Crippen molar-refractivity contribution in [1.29, 1.82) is 0 Å². The second kappa shape index (κ2) is 7.45. The highest BCUT2D eigenvalue weighted by Crippen LogP contribution is 2.28. The molecule has 0 aromatic carbocycles. The molecule has 2 rings (SSSR count). The fraction of sp³-hybridized carbons (Fsp3) is 0.929. The average Bonchev–Trinajstić information content (AvgIpc) is 3.25. The van der Waals surface area contributed by atoms with Crippen molar-refractivity contribution >= 4 is 5.91 Å². The summed E-state index contributed by atoms with van der Waals surface area (Å²) in [6.45, 7) is 0.983. The van der Waals surface area contributed by atoms with Gasteiger partial charge in [-0.15, -0.1) is 0 Å². The van der Waals surface area contributed by atoms with Crippen LogP contribution in [0, 0.1) is 5.92 Å². The van der Waals surface area contributed by atoms with Crippen LogP contribution in [0.25, 0.3) is 0 Å². The molecule has 0 bridgehead atoms. The van der Waals surface area contributed by atoms with Crippen LogP contribution in [0.3, 0.4) is 0 Å². The number of hydrogen-bond donors (Lipinski definition) is 1. The molecule has 7 heteroatoms. The van der Waals surface area contributed by atoms with E-state index in [9.17, 15) is 18.0 Å². The molecular formula is C14H23F3N2O2. The van der Waals surface area contributed by atoms with Gasteiger partial charge in [0, 0.05) is 19.1 Å². The van der Waals surface area contributed by atoms with E-state index in [2.05, 4.69) is 10.1 Å². The van der Waals surface area contributed by atoms with Gasteiger partial charge in [-0.25, -0.2) is 0 Å². The lowest BCUT2D eigenvalue weighted by Crippen LogP contribution is -2.45. The summed E-state index contributed by atoms with van der Waals surface area (Å²) in [6.07, 6.45) is 0.180. The molecule has 1 N–H and O–H groups in total. The Balaban J connectivity index is 1.54. The summed E-state index contributed by atoms with van der Waals surface area (Å²) in [5, 5.41) is 3.52. The Bertz CT molecular complexity index is 338. The van der Waals surface area contributed by atoms with Crippen molar-refractivity contribution in [3.8, 4) is 0 Å². The predicted molar refractivity (Wildman–Crippen MR) is 71.8 cm³/mol. The highest BCUT2D eigenvalue weighted by molar-refractivity contribution is 5.76. The van der Waals surface area contributed by atoms with Crippen molar-refractivity contribution in [1.82, 2.24) is 10.2 Å². The summed E-state index contributed by atoms with van der Waals surface area (Å²) in [5.74, 6) is 0.730. The normalized spacial score (nSPS) is 20.8. The van der Waals surface area contributed by atoms with E-state index in [-0.39, 0.29) is 18.9 Å². The van der Waals surface area contributed by atoms with Crippen LogP contribution >= 0.6 is 0 Å². The third kappa shape index (κ3) is 6.65. The summed E-state index contributed by atoms with van der Waals surface area (Å²) in [5.41, 5.74) is 0. The lowest BCUT2D eigenvalue weighted by molar-refractivity contribution is -0.175. The largest absolute Gasteiger partial charge is 0.411 e. The number of rotatable bonds is 7. The molecule has 0 aromatic heterocycles. The fourth-order valence-electron chi connectivity index (χ4n) is 2.49. The van der Waals surface area contributed by atoms with Crippen molar-refractivity contribution < 1.29 is 22.7 Å². The fourth-order valence-corrected chi connectivity index (χ4v) is 2.49. The van der Waals surface area contributed by atoms with Crippen LogP contribution in [0.5, 0.6) is 0 Å². The first kappa shape index (κ1) is 16.5. The van der Waals surface area contributed by atoms with E-state index in [0.29, 0.717) is 19.1 Å². The van der Waals surface area contributed by atoms with Crippen LogP contribution in [-0.4, -0.2) is 55.9 Å². The molecule has 122 valence electrons. The number of amides is 1. The van der Waals surface area contributed by atoms with Gasteiger partial charge in [0.2, 0.25) is 5.91 Å². The Morgan fingerprint density at radius 2 is 1.86 bits per heavy atom. The molecule has 2 aliphatic rings. The molecule has 1 aliphatic carbocycles. The van der Waals surface area contributed by atoms with Crippen molar-refractivity contribution in [2.75, 3.05) is 32.8 Å². The van der Waals surface area contributed by atoms with Gasteiger partial charge in [0.25, 0.3) is 0 Å². The van der Waals surface area contributed by atoms with Gasteiger partial charge in [-0.3, -0.25) is 4.79 Å². The van der Waals surface area contributed by atoms with Crippen LogP contribution in [-0.2, 0) is 9.53 Å². The molecule has 4 nitrogen and oxygen atoms in total. The van der Waals surface area contributed by atoms with E-state index < -0.39 is 12.8 Å².